The maximum Gasteiger partial charge on any atom is 0.186 e. The SMILES string of the molecule is N#Cc1n[nH]nc1C12CC3CC(CC(C3)C1)C2. The summed E-state index contributed by atoms with van der Waals surface area (Å²) in [6.45, 7) is 0. The van der Waals surface area contributed by atoms with E-state index in [9.17, 15) is 0 Å². The first-order chi connectivity index (χ1) is 8.29. The largest absolute Gasteiger partial charge is 0.196 e. The summed E-state index contributed by atoms with van der Waals surface area (Å²) in [6, 6.07) is 2.20. The maximum absolute atomic E-state index is 9.14. The van der Waals surface area contributed by atoms with Crippen molar-refractivity contribution in [1.82, 2.24) is 15.4 Å². The number of nitrogens with one attached hydrogen (secondary N) is 1. The number of hydrogen-bond donors (Lipinski definition) is 1. The highest BCUT2D eigenvalue weighted by atomic mass is 15.3. The third-order valence-corrected chi connectivity index (χ3v) is 5.19. The van der Waals surface area contributed by atoms with Crippen LogP contribution in [0, 0.1) is 29.1 Å². The third-order valence-electron chi connectivity index (χ3n) is 5.19. The molecule has 17 heavy (non-hydrogen) atoms. The van der Waals surface area contributed by atoms with Gasteiger partial charge in [-0.2, -0.15) is 15.6 Å². The third kappa shape index (κ3) is 1.23. The van der Waals surface area contributed by atoms with Gasteiger partial charge in [-0.1, -0.05) is 0 Å². The Kier molecular flexibility index (Phi) is 1.76. The second-order valence-electron chi connectivity index (χ2n) is 6.33. The molecule has 4 aliphatic rings. The number of aromatic nitrogens is 3. The van der Waals surface area contributed by atoms with Gasteiger partial charge in [-0.25, -0.2) is 0 Å². The van der Waals surface area contributed by atoms with E-state index in [2.05, 4.69) is 21.5 Å². The Balaban J connectivity index is 1.80. The molecule has 0 radical (unpaired) electrons. The number of aromatic amines is 1. The molecule has 4 heteroatoms. The Labute approximate surface area is 100 Å². The maximum atomic E-state index is 9.14. The lowest BCUT2D eigenvalue weighted by molar-refractivity contribution is -0.00735. The smallest absolute Gasteiger partial charge is 0.186 e. The van der Waals surface area contributed by atoms with Crippen molar-refractivity contribution >= 4 is 0 Å². The molecule has 1 aromatic rings. The van der Waals surface area contributed by atoms with Gasteiger partial charge in [0.25, 0.3) is 0 Å². The van der Waals surface area contributed by atoms with Gasteiger partial charge >= 0.3 is 0 Å². The van der Waals surface area contributed by atoms with E-state index >= 15 is 0 Å². The first kappa shape index (κ1) is 9.64. The highest BCUT2D eigenvalue weighted by molar-refractivity contribution is 5.33. The van der Waals surface area contributed by atoms with Gasteiger partial charge in [0.15, 0.2) is 5.69 Å². The van der Waals surface area contributed by atoms with Crippen LogP contribution in [0.3, 0.4) is 0 Å². The van der Waals surface area contributed by atoms with Gasteiger partial charge < -0.3 is 0 Å². The minimum atomic E-state index is 0.187. The predicted octanol–water partition coefficient (Wildman–Crippen LogP) is 2.14. The molecule has 0 aromatic carbocycles. The van der Waals surface area contributed by atoms with Crippen molar-refractivity contribution in [3.05, 3.63) is 11.4 Å². The van der Waals surface area contributed by atoms with Crippen molar-refractivity contribution in [3.63, 3.8) is 0 Å². The summed E-state index contributed by atoms with van der Waals surface area (Å²) in [5, 5.41) is 20.1. The Morgan fingerprint density at radius 3 is 2.18 bits per heavy atom. The van der Waals surface area contributed by atoms with Gasteiger partial charge in [0, 0.05) is 5.41 Å². The van der Waals surface area contributed by atoms with E-state index in [1.807, 2.05) is 0 Å². The highest BCUT2D eigenvalue weighted by Crippen LogP contribution is 2.60. The van der Waals surface area contributed by atoms with Crippen molar-refractivity contribution in [1.29, 1.82) is 5.26 Å². The van der Waals surface area contributed by atoms with Gasteiger partial charge in [-0.15, -0.1) is 5.10 Å². The molecule has 88 valence electrons. The van der Waals surface area contributed by atoms with E-state index in [0.717, 1.165) is 23.4 Å². The molecule has 4 fully saturated rings. The molecule has 1 heterocycles. The van der Waals surface area contributed by atoms with Crippen LogP contribution in [-0.2, 0) is 5.41 Å². The van der Waals surface area contributed by atoms with Crippen molar-refractivity contribution in [3.8, 4) is 6.07 Å². The molecular weight excluding hydrogens is 212 g/mol. The molecule has 4 saturated carbocycles. The number of nitriles is 1. The zero-order valence-corrected chi connectivity index (χ0v) is 9.82. The summed E-state index contributed by atoms with van der Waals surface area (Å²) in [5.41, 5.74) is 1.69. The quantitative estimate of drug-likeness (QED) is 0.800. The van der Waals surface area contributed by atoms with Crippen LogP contribution in [0.5, 0.6) is 0 Å². The Hall–Kier alpha value is -1.37. The fourth-order valence-corrected chi connectivity index (χ4v) is 5.08. The van der Waals surface area contributed by atoms with Gasteiger partial charge in [-0.3, -0.25) is 0 Å². The Morgan fingerprint density at radius 2 is 1.65 bits per heavy atom. The molecule has 0 aliphatic heterocycles. The molecule has 0 atom stereocenters. The lowest BCUT2D eigenvalue weighted by Gasteiger charge is -2.56. The fraction of sp³-hybridized carbons (Fsp3) is 0.769. The lowest BCUT2D eigenvalue weighted by atomic mass is 9.48. The predicted molar refractivity (Wildman–Crippen MR) is 60.9 cm³/mol. The van der Waals surface area contributed by atoms with Crippen molar-refractivity contribution in [2.24, 2.45) is 17.8 Å². The summed E-state index contributed by atoms with van der Waals surface area (Å²) in [7, 11) is 0. The van der Waals surface area contributed by atoms with E-state index < -0.39 is 0 Å². The molecule has 0 saturated heterocycles. The second-order valence-corrected chi connectivity index (χ2v) is 6.33. The van der Waals surface area contributed by atoms with Crippen LogP contribution < -0.4 is 0 Å². The average Bonchev–Trinajstić information content (AvgIpc) is 2.75. The molecule has 0 spiro atoms. The molecule has 5 rings (SSSR count). The zero-order chi connectivity index (χ0) is 11.5. The number of rotatable bonds is 1. The van der Waals surface area contributed by atoms with Crippen molar-refractivity contribution in [2.75, 3.05) is 0 Å². The molecular formula is C13H16N4. The minimum Gasteiger partial charge on any atom is -0.196 e. The van der Waals surface area contributed by atoms with Crippen LogP contribution in [0.2, 0.25) is 0 Å². The summed E-state index contributed by atoms with van der Waals surface area (Å²) >= 11 is 0. The van der Waals surface area contributed by atoms with Crippen LogP contribution >= 0.6 is 0 Å². The van der Waals surface area contributed by atoms with Gasteiger partial charge in [0.2, 0.25) is 0 Å². The lowest BCUT2D eigenvalue weighted by Crippen LogP contribution is -2.49. The van der Waals surface area contributed by atoms with Crippen LogP contribution in [0.4, 0.5) is 0 Å². The standard InChI is InChI=1S/C13H16N4/c14-7-11-12(16-17-15-11)13-4-8-1-9(5-13)3-10(2-8)6-13/h8-10H,1-6H2,(H,15,16,17). The first-order valence-electron chi connectivity index (χ1n) is 6.60. The van der Waals surface area contributed by atoms with E-state index in [4.69, 9.17) is 5.26 Å². The normalized spacial score (nSPS) is 42.6. The summed E-state index contributed by atoms with van der Waals surface area (Å²) in [6.07, 6.45) is 7.96. The molecule has 1 N–H and O–H groups in total. The number of hydrogen-bond acceptors (Lipinski definition) is 3. The number of H-pyrrole nitrogens is 1. The van der Waals surface area contributed by atoms with E-state index in [-0.39, 0.29) is 5.41 Å². The van der Waals surface area contributed by atoms with Crippen LogP contribution in [0.25, 0.3) is 0 Å². The van der Waals surface area contributed by atoms with E-state index in [1.165, 1.54) is 38.5 Å². The molecule has 4 aliphatic carbocycles. The first-order valence-corrected chi connectivity index (χ1v) is 6.60. The summed E-state index contributed by atoms with van der Waals surface area (Å²) in [5.74, 6) is 2.64. The molecule has 4 nitrogen and oxygen atoms in total. The monoisotopic (exact) mass is 228 g/mol. The Bertz CT molecular complexity index is 460. The van der Waals surface area contributed by atoms with Gasteiger partial charge in [0.1, 0.15) is 11.8 Å². The zero-order valence-electron chi connectivity index (χ0n) is 9.82. The van der Waals surface area contributed by atoms with Crippen molar-refractivity contribution in [2.45, 2.75) is 43.9 Å². The average molecular weight is 228 g/mol. The van der Waals surface area contributed by atoms with Crippen LogP contribution in [0.1, 0.15) is 49.9 Å². The molecule has 0 amide bonds. The van der Waals surface area contributed by atoms with E-state index in [1.54, 1.807) is 0 Å². The number of nitrogens with zero attached hydrogens (tertiary/aromatic N) is 3. The molecule has 4 bridgehead atoms. The second kappa shape index (κ2) is 3.10. The van der Waals surface area contributed by atoms with Gasteiger partial charge in [-0.05, 0) is 56.3 Å². The summed E-state index contributed by atoms with van der Waals surface area (Å²) < 4.78 is 0. The van der Waals surface area contributed by atoms with Crippen LogP contribution in [0.15, 0.2) is 0 Å². The van der Waals surface area contributed by atoms with Crippen LogP contribution in [-0.4, -0.2) is 15.4 Å². The van der Waals surface area contributed by atoms with Gasteiger partial charge in [0.05, 0.1) is 0 Å². The fourth-order valence-electron chi connectivity index (χ4n) is 5.08. The molecule has 1 aromatic heterocycles. The molecule has 0 unspecified atom stereocenters. The van der Waals surface area contributed by atoms with E-state index in [0.29, 0.717) is 5.69 Å². The Morgan fingerprint density at radius 1 is 1.06 bits per heavy atom. The highest BCUT2D eigenvalue weighted by Gasteiger charge is 2.53. The minimum absolute atomic E-state index is 0.187. The topological polar surface area (TPSA) is 65.4 Å². The summed E-state index contributed by atoms with van der Waals surface area (Å²) in [4.78, 5) is 0. The van der Waals surface area contributed by atoms with Crippen molar-refractivity contribution < 1.29 is 0 Å².